The highest BCUT2D eigenvalue weighted by Crippen LogP contribution is 2.28. The molecule has 0 aliphatic rings. The highest BCUT2D eigenvalue weighted by Gasteiger charge is 2.14. The van der Waals surface area contributed by atoms with Gasteiger partial charge < -0.3 is 9.47 Å². The van der Waals surface area contributed by atoms with Crippen LogP contribution in [-0.4, -0.2) is 24.1 Å². The fourth-order valence-electron chi connectivity index (χ4n) is 1.41. The predicted molar refractivity (Wildman–Crippen MR) is 69.9 cm³/mol. The number of esters is 1. The van der Waals surface area contributed by atoms with Gasteiger partial charge in [-0.15, -0.1) is 0 Å². The summed E-state index contributed by atoms with van der Waals surface area (Å²) < 4.78 is 9.88. The van der Waals surface area contributed by atoms with Gasteiger partial charge in [0.1, 0.15) is 0 Å². The van der Waals surface area contributed by atoms with E-state index in [1.54, 1.807) is 19.9 Å². The second-order valence-electron chi connectivity index (χ2n) is 3.50. The number of hydrogen-bond acceptors (Lipinski definition) is 5. The van der Waals surface area contributed by atoms with E-state index >= 15 is 0 Å². The molecular formula is C13H15NO5. The zero-order chi connectivity index (χ0) is 14.3. The molecule has 0 aromatic heterocycles. The van der Waals surface area contributed by atoms with Gasteiger partial charge in [-0.25, -0.2) is 4.79 Å². The third-order valence-corrected chi connectivity index (χ3v) is 2.18. The summed E-state index contributed by atoms with van der Waals surface area (Å²) in [7, 11) is 0. The fraction of sp³-hybridized carbons (Fsp3) is 0.308. The first-order valence-electron chi connectivity index (χ1n) is 5.84. The number of carbonyl (C=O) groups excluding carboxylic acids is 1. The van der Waals surface area contributed by atoms with Gasteiger partial charge in [0.15, 0.2) is 5.75 Å². The van der Waals surface area contributed by atoms with Gasteiger partial charge in [-0.3, -0.25) is 10.1 Å². The van der Waals surface area contributed by atoms with Gasteiger partial charge in [0.05, 0.1) is 18.1 Å². The fourth-order valence-corrected chi connectivity index (χ4v) is 1.41. The molecule has 1 aromatic rings. The quantitative estimate of drug-likeness (QED) is 0.342. The minimum atomic E-state index is -0.521. The second-order valence-corrected chi connectivity index (χ2v) is 3.50. The molecule has 0 radical (unpaired) electrons. The summed E-state index contributed by atoms with van der Waals surface area (Å²) >= 11 is 0. The van der Waals surface area contributed by atoms with Gasteiger partial charge >= 0.3 is 11.7 Å². The van der Waals surface area contributed by atoms with E-state index in [1.807, 2.05) is 0 Å². The minimum absolute atomic E-state index is 0.132. The van der Waals surface area contributed by atoms with Crippen molar-refractivity contribution in [3.63, 3.8) is 0 Å². The SMILES string of the molecule is CCOC(=O)/C=C/c1ccc(OCC)c([N+](=O)[O-])c1. The van der Waals surface area contributed by atoms with Crippen LogP contribution in [0.25, 0.3) is 6.08 Å². The van der Waals surface area contributed by atoms with Crippen molar-refractivity contribution in [2.24, 2.45) is 0 Å². The molecular weight excluding hydrogens is 250 g/mol. The zero-order valence-electron chi connectivity index (χ0n) is 10.8. The van der Waals surface area contributed by atoms with Crippen molar-refractivity contribution >= 4 is 17.7 Å². The van der Waals surface area contributed by atoms with E-state index in [4.69, 9.17) is 9.47 Å². The molecule has 0 fully saturated rings. The molecule has 0 aliphatic heterocycles. The van der Waals surface area contributed by atoms with Crippen molar-refractivity contribution < 1.29 is 19.2 Å². The molecule has 0 heterocycles. The molecule has 19 heavy (non-hydrogen) atoms. The summed E-state index contributed by atoms with van der Waals surface area (Å²) in [5, 5.41) is 10.9. The number of ether oxygens (including phenoxy) is 2. The first-order chi connectivity index (χ1) is 9.08. The molecule has 0 unspecified atom stereocenters. The second kappa shape index (κ2) is 7.15. The Balaban J connectivity index is 2.95. The lowest BCUT2D eigenvalue weighted by atomic mass is 10.1. The van der Waals surface area contributed by atoms with E-state index in [9.17, 15) is 14.9 Å². The number of nitrogens with zero attached hydrogens (tertiary/aromatic N) is 1. The standard InChI is InChI=1S/C13H15NO5/c1-3-18-12-7-5-10(9-11(12)14(16)17)6-8-13(15)19-4-2/h5-9H,3-4H2,1-2H3/b8-6+. The van der Waals surface area contributed by atoms with E-state index in [0.717, 1.165) is 0 Å². The number of nitro groups is 1. The Morgan fingerprint density at radius 2 is 2.11 bits per heavy atom. The van der Waals surface area contributed by atoms with Crippen molar-refractivity contribution in [1.29, 1.82) is 0 Å². The molecule has 0 saturated heterocycles. The van der Waals surface area contributed by atoms with E-state index in [-0.39, 0.29) is 18.0 Å². The predicted octanol–water partition coefficient (Wildman–Crippen LogP) is 2.57. The van der Waals surface area contributed by atoms with Gasteiger partial charge in [-0.05, 0) is 31.6 Å². The van der Waals surface area contributed by atoms with Gasteiger partial charge in [0, 0.05) is 12.1 Å². The van der Waals surface area contributed by atoms with E-state index in [0.29, 0.717) is 12.2 Å². The number of rotatable bonds is 6. The van der Waals surface area contributed by atoms with Crippen LogP contribution < -0.4 is 4.74 Å². The Morgan fingerprint density at radius 3 is 2.68 bits per heavy atom. The molecule has 0 aliphatic carbocycles. The molecule has 0 amide bonds. The van der Waals surface area contributed by atoms with Crippen LogP contribution in [0.2, 0.25) is 0 Å². The first-order valence-corrected chi connectivity index (χ1v) is 5.84. The molecule has 0 bridgehead atoms. The van der Waals surface area contributed by atoms with Crippen molar-refractivity contribution in [1.82, 2.24) is 0 Å². The number of carbonyl (C=O) groups is 1. The van der Waals surface area contributed by atoms with Crippen LogP contribution in [0, 0.1) is 10.1 Å². The molecule has 0 atom stereocenters. The van der Waals surface area contributed by atoms with E-state index < -0.39 is 10.9 Å². The number of nitro benzene ring substituents is 1. The lowest BCUT2D eigenvalue weighted by molar-refractivity contribution is -0.385. The Bertz CT molecular complexity index is 496. The largest absolute Gasteiger partial charge is 0.487 e. The summed E-state index contributed by atoms with van der Waals surface area (Å²) in [5.41, 5.74) is 0.399. The monoisotopic (exact) mass is 265 g/mol. The summed E-state index contributed by atoms with van der Waals surface area (Å²) in [6.45, 7) is 4.08. The Kier molecular flexibility index (Phi) is 5.53. The highest BCUT2D eigenvalue weighted by atomic mass is 16.6. The molecule has 6 heteroatoms. The summed E-state index contributed by atoms with van der Waals surface area (Å²) in [4.78, 5) is 21.5. The lowest BCUT2D eigenvalue weighted by Crippen LogP contribution is -1.99. The van der Waals surface area contributed by atoms with Crippen LogP contribution in [0.1, 0.15) is 19.4 Å². The molecule has 0 N–H and O–H groups in total. The third kappa shape index (κ3) is 4.42. The summed E-state index contributed by atoms with van der Waals surface area (Å²) in [6.07, 6.45) is 2.68. The first kappa shape index (κ1) is 14.7. The number of hydrogen-bond donors (Lipinski definition) is 0. The third-order valence-electron chi connectivity index (χ3n) is 2.18. The zero-order valence-corrected chi connectivity index (χ0v) is 10.8. The van der Waals surface area contributed by atoms with Crippen molar-refractivity contribution in [2.45, 2.75) is 13.8 Å². The van der Waals surface area contributed by atoms with E-state index in [2.05, 4.69) is 0 Å². The van der Waals surface area contributed by atoms with Gasteiger partial charge in [-0.1, -0.05) is 6.07 Å². The highest BCUT2D eigenvalue weighted by molar-refractivity contribution is 5.87. The maximum absolute atomic E-state index is 11.1. The van der Waals surface area contributed by atoms with Crippen molar-refractivity contribution in [3.8, 4) is 5.75 Å². The summed E-state index contributed by atoms with van der Waals surface area (Å²) in [6, 6.07) is 4.49. The summed E-state index contributed by atoms with van der Waals surface area (Å²) in [5.74, 6) is -0.278. The van der Waals surface area contributed by atoms with Crippen LogP contribution >= 0.6 is 0 Å². The maximum Gasteiger partial charge on any atom is 0.330 e. The Morgan fingerprint density at radius 1 is 1.37 bits per heavy atom. The average Bonchev–Trinajstić information content (AvgIpc) is 2.38. The van der Waals surface area contributed by atoms with Crippen LogP contribution in [0.15, 0.2) is 24.3 Å². The molecule has 0 spiro atoms. The minimum Gasteiger partial charge on any atom is -0.487 e. The lowest BCUT2D eigenvalue weighted by Gasteiger charge is -2.04. The van der Waals surface area contributed by atoms with Crippen LogP contribution in [0.3, 0.4) is 0 Å². The van der Waals surface area contributed by atoms with Crippen LogP contribution in [0.4, 0.5) is 5.69 Å². The molecule has 6 nitrogen and oxygen atoms in total. The maximum atomic E-state index is 11.1. The normalized spacial score (nSPS) is 10.4. The smallest absolute Gasteiger partial charge is 0.330 e. The molecule has 1 rings (SSSR count). The molecule has 1 aromatic carbocycles. The van der Waals surface area contributed by atoms with Crippen LogP contribution in [-0.2, 0) is 9.53 Å². The molecule has 102 valence electrons. The van der Waals surface area contributed by atoms with E-state index in [1.165, 1.54) is 24.3 Å². The Hall–Kier alpha value is -2.37. The Labute approximate surface area is 110 Å². The van der Waals surface area contributed by atoms with Gasteiger partial charge in [0.25, 0.3) is 0 Å². The van der Waals surface area contributed by atoms with Crippen LogP contribution in [0.5, 0.6) is 5.75 Å². The number of benzene rings is 1. The van der Waals surface area contributed by atoms with Gasteiger partial charge in [-0.2, -0.15) is 0 Å². The topological polar surface area (TPSA) is 78.7 Å². The molecule has 0 saturated carbocycles. The van der Waals surface area contributed by atoms with Crippen molar-refractivity contribution in [2.75, 3.05) is 13.2 Å². The van der Waals surface area contributed by atoms with Gasteiger partial charge in [0.2, 0.25) is 0 Å². The average molecular weight is 265 g/mol. The van der Waals surface area contributed by atoms with Crippen molar-refractivity contribution in [3.05, 3.63) is 40.0 Å².